The van der Waals surface area contributed by atoms with Gasteiger partial charge in [-0.25, -0.2) is 4.98 Å². The number of rotatable bonds is 5. The lowest BCUT2D eigenvalue weighted by Crippen LogP contribution is -2.22. The van der Waals surface area contributed by atoms with Crippen molar-refractivity contribution in [2.75, 3.05) is 26.0 Å². The lowest BCUT2D eigenvalue weighted by Gasteiger charge is -2.22. The zero-order chi connectivity index (χ0) is 13.8. The van der Waals surface area contributed by atoms with Crippen LogP contribution in [-0.2, 0) is 6.54 Å². The number of nitrogens with zero attached hydrogens (tertiary/aromatic N) is 4. The molecular formula is C14H20N4O. The number of anilines is 1. The molecule has 0 bridgehead atoms. The first kappa shape index (κ1) is 13.5. The summed E-state index contributed by atoms with van der Waals surface area (Å²) in [4.78, 5) is 8.62. The van der Waals surface area contributed by atoms with Crippen LogP contribution in [0, 0.1) is 0 Å². The third kappa shape index (κ3) is 3.32. The van der Waals surface area contributed by atoms with E-state index in [1.54, 1.807) is 6.26 Å². The van der Waals surface area contributed by atoms with Crippen molar-refractivity contribution in [1.29, 1.82) is 0 Å². The van der Waals surface area contributed by atoms with E-state index in [9.17, 15) is 0 Å². The molecule has 1 atom stereocenters. The monoisotopic (exact) mass is 260 g/mol. The smallest absolute Gasteiger partial charge is 0.127 e. The molecule has 0 amide bonds. The quantitative estimate of drug-likeness (QED) is 0.825. The van der Waals surface area contributed by atoms with Crippen LogP contribution in [0.3, 0.4) is 0 Å². The third-order valence-electron chi connectivity index (χ3n) is 3.25. The second kappa shape index (κ2) is 5.84. The van der Waals surface area contributed by atoms with E-state index in [4.69, 9.17) is 4.52 Å². The predicted molar refractivity (Wildman–Crippen MR) is 74.9 cm³/mol. The third-order valence-corrected chi connectivity index (χ3v) is 3.25. The lowest BCUT2D eigenvalue weighted by atomic mass is 10.2. The number of aromatic nitrogens is 2. The van der Waals surface area contributed by atoms with Crippen LogP contribution in [0.2, 0.25) is 0 Å². The maximum Gasteiger partial charge on any atom is 0.127 e. The Kier molecular flexibility index (Phi) is 4.16. The fraction of sp³-hybridized carbons (Fsp3) is 0.429. The molecule has 2 rings (SSSR count). The Bertz CT molecular complexity index is 493. The SMILES string of the molecule is CC(c1ccon1)N(C)Cc1ccc(N(C)C)nc1. The minimum atomic E-state index is 0.215. The summed E-state index contributed by atoms with van der Waals surface area (Å²) >= 11 is 0. The van der Waals surface area contributed by atoms with E-state index in [0.29, 0.717) is 0 Å². The topological polar surface area (TPSA) is 45.4 Å². The average Bonchev–Trinajstić information content (AvgIpc) is 2.92. The second-order valence-electron chi connectivity index (χ2n) is 4.93. The molecule has 0 aliphatic carbocycles. The summed E-state index contributed by atoms with van der Waals surface area (Å²) in [5, 5.41) is 3.98. The van der Waals surface area contributed by atoms with Crippen molar-refractivity contribution >= 4 is 5.82 Å². The molecule has 0 radical (unpaired) electrons. The molecule has 1 unspecified atom stereocenters. The van der Waals surface area contributed by atoms with Crippen molar-refractivity contribution in [2.24, 2.45) is 0 Å². The van der Waals surface area contributed by atoms with E-state index in [1.165, 1.54) is 5.56 Å². The Hall–Kier alpha value is -1.88. The molecule has 102 valence electrons. The molecule has 2 heterocycles. The molecule has 0 fully saturated rings. The first-order valence-corrected chi connectivity index (χ1v) is 6.30. The van der Waals surface area contributed by atoms with Crippen LogP contribution in [0.5, 0.6) is 0 Å². The summed E-state index contributed by atoms with van der Waals surface area (Å²) in [7, 11) is 6.04. The van der Waals surface area contributed by atoms with Crippen molar-refractivity contribution < 1.29 is 4.52 Å². The Morgan fingerprint density at radius 1 is 1.21 bits per heavy atom. The van der Waals surface area contributed by atoms with Gasteiger partial charge in [-0.05, 0) is 25.6 Å². The highest BCUT2D eigenvalue weighted by Crippen LogP contribution is 2.19. The van der Waals surface area contributed by atoms with Crippen molar-refractivity contribution in [3.8, 4) is 0 Å². The predicted octanol–water partition coefficient (Wildman–Crippen LogP) is 2.33. The first-order valence-electron chi connectivity index (χ1n) is 6.30. The van der Waals surface area contributed by atoms with E-state index < -0.39 is 0 Å². The zero-order valence-electron chi connectivity index (χ0n) is 11.9. The number of hydrogen-bond donors (Lipinski definition) is 0. The molecule has 0 N–H and O–H groups in total. The standard InChI is InChI=1S/C14H20N4O/c1-11(13-7-8-19-16-13)18(4)10-12-5-6-14(15-9-12)17(2)3/h5-9,11H,10H2,1-4H3. The minimum Gasteiger partial charge on any atom is -0.364 e. The van der Waals surface area contributed by atoms with Gasteiger partial charge in [0.2, 0.25) is 0 Å². The Balaban J connectivity index is 2.00. The zero-order valence-corrected chi connectivity index (χ0v) is 11.9. The maximum absolute atomic E-state index is 4.88. The van der Waals surface area contributed by atoms with Crippen LogP contribution < -0.4 is 4.90 Å². The normalized spacial score (nSPS) is 12.7. The Labute approximate surface area is 113 Å². The van der Waals surface area contributed by atoms with Gasteiger partial charge in [-0.2, -0.15) is 0 Å². The highest BCUT2D eigenvalue weighted by molar-refractivity contribution is 5.37. The van der Waals surface area contributed by atoms with Gasteiger partial charge in [-0.1, -0.05) is 11.2 Å². The molecule has 0 aliphatic heterocycles. The molecule has 0 saturated carbocycles. The molecule has 0 aromatic carbocycles. The van der Waals surface area contributed by atoms with Gasteiger partial charge in [0.1, 0.15) is 17.8 Å². The summed E-state index contributed by atoms with van der Waals surface area (Å²) in [5.74, 6) is 0.968. The van der Waals surface area contributed by atoms with Crippen LogP contribution in [0.1, 0.15) is 24.2 Å². The molecule has 5 nitrogen and oxygen atoms in total. The summed E-state index contributed by atoms with van der Waals surface area (Å²) in [5.41, 5.74) is 2.13. The van der Waals surface area contributed by atoms with Crippen molar-refractivity contribution in [3.63, 3.8) is 0 Å². The van der Waals surface area contributed by atoms with E-state index in [-0.39, 0.29) is 6.04 Å². The van der Waals surface area contributed by atoms with E-state index in [2.05, 4.69) is 35.1 Å². The molecule has 19 heavy (non-hydrogen) atoms. The second-order valence-corrected chi connectivity index (χ2v) is 4.93. The van der Waals surface area contributed by atoms with Crippen LogP contribution in [0.25, 0.3) is 0 Å². The van der Waals surface area contributed by atoms with Crippen molar-refractivity contribution in [2.45, 2.75) is 19.5 Å². The number of hydrogen-bond acceptors (Lipinski definition) is 5. The molecule has 5 heteroatoms. The largest absolute Gasteiger partial charge is 0.364 e. The molecule has 0 spiro atoms. The van der Waals surface area contributed by atoms with Gasteiger partial charge in [0, 0.05) is 32.9 Å². The van der Waals surface area contributed by atoms with Gasteiger partial charge >= 0.3 is 0 Å². The van der Waals surface area contributed by atoms with Gasteiger partial charge in [0.15, 0.2) is 0 Å². The van der Waals surface area contributed by atoms with Crippen molar-refractivity contribution in [1.82, 2.24) is 15.0 Å². The van der Waals surface area contributed by atoms with Crippen LogP contribution >= 0.6 is 0 Å². The summed E-state index contributed by atoms with van der Waals surface area (Å²) in [6, 6.07) is 6.25. The summed E-state index contributed by atoms with van der Waals surface area (Å²) in [6.07, 6.45) is 3.52. The Morgan fingerprint density at radius 3 is 2.53 bits per heavy atom. The van der Waals surface area contributed by atoms with Gasteiger partial charge in [-0.3, -0.25) is 4.90 Å². The minimum absolute atomic E-state index is 0.215. The van der Waals surface area contributed by atoms with Crippen LogP contribution in [0.15, 0.2) is 35.2 Å². The fourth-order valence-corrected chi connectivity index (χ4v) is 1.86. The maximum atomic E-state index is 4.88. The molecule has 0 saturated heterocycles. The van der Waals surface area contributed by atoms with Gasteiger partial charge in [-0.15, -0.1) is 0 Å². The highest BCUT2D eigenvalue weighted by Gasteiger charge is 2.14. The van der Waals surface area contributed by atoms with Gasteiger partial charge in [0.05, 0.1) is 6.04 Å². The summed E-state index contributed by atoms with van der Waals surface area (Å²) < 4.78 is 4.88. The Morgan fingerprint density at radius 2 is 2.00 bits per heavy atom. The molecule has 2 aromatic rings. The van der Waals surface area contributed by atoms with E-state index in [0.717, 1.165) is 18.1 Å². The molecule has 2 aromatic heterocycles. The summed E-state index contributed by atoms with van der Waals surface area (Å²) in [6.45, 7) is 2.94. The van der Waals surface area contributed by atoms with Crippen LogP contribution in [-0.4, -0.2) is 36.2 Å². The number of pyridine rings is 1. The molecule has 0 aliphatic rings. The first-order chi connectivity index (χ1) is 9.08. The molecular weight excluding hydrogens is 240 g/mol. The van der Waals surface area contributed by atoms with Gasteiger partial charge in [0.25, 0.3) is 0 Å². The lowest BCUT2D eigenvalue weighted by molar-refractivity contribution is 0.240. The average molecular weight is 260 g/mol. The van der Waals surface area contributed by atoms with E-state index >= 15 is 0 Å². The highest BCUT2D eigenvalue weighted by atomic mass is 16.5. The van der Waals surface area contributed by atoms with Gasteiger partial charge < -0.3 is 9.42 Å². The van der Waals surface area contributed by atoms with Crippen LogP contribution in [0.4, 0.5) is 5.82 Å². The van der Waals surface area contributed by atoms with Crippen molar-refractivity contribution in [3.05, 3.63) is 41.9 Å². The van der Waals surface area contributed by atoms with E-state index in [1.807, 2.05) is 37.3 Å². The fourth-order valence-electron chi connectivity index (χ4n) is 1.86.